The molecule has 0 aromatic heterocycles. The molecule has 3 nitrogen and oxygen atoms in total. The Bertz CT molecular complexity index is 259. The van der Waals surface area contributed by atoms with Crippen molar-refractivity contribution in [2.24, 2.45) is 5.92 Å². The van der Waals surface area contributed by atoms with Crippen molar-refractivity contribution in [1.29, 1.82) is 0 Å². The summed E-state index contributed by atoms with van der Waals surface area (Å²) in [5.41, 5.74) is 0.117. The van der Waals surface area contributed by atoms with Crippen LogP contribution in [-0.2, 0) is 4.74 Å². The molecule has 2 heterocycles. The Morgan fingerprint density at radius 2 is 2.22 bits per heavy atom. The number of hydrogen-bond donors (Lipinski definition) is 1. The van der Waals surface area contributed by atoms with E-state index in [0.717, 1.165) is 19.1 Å². The molecule has 106 valence electrons. The van der Waals surface area contributed by atoms with Crippen LogP contribution in [0.3, 0.4) is 0 Å². The summed E-state index contributed by atoms with van der Waals surface area (Å²) in [7, 11) is 2.24. The van der Waals surface area contributed by atoms with Crippen LogP contribution >= 0.6 is 0 Å². The van der Waals surface area contributed by atoms with Gasteiger partial charge in [0.1, 0.15) is 0 Å². The zero-order chi connectivity index (χ0) is 13.0. The molecule has 0 amide bonds. The summed E-state index contributed by atoms with van der Waals surface area (Å²) in [5, 5.41) is 3.74. The Hall–Kier alpha value is -0.120. The van der Waals surface area contributed by atoms with Gasteiger partial charge >= 0.3 is 0 Å². The van der Waals surface area contributed by atoms with E-state index in [1.807, 2.05) is 0 Å². The van der Waals surface area contributed by atoms with E-state index in [1.165, 1.54) is 45.2 Å². The number of nitrogens with zero attached hydrogens (tertiary/aromatic N) is 1. The van der Waals surface area contributed by atoms with E-state index in [9.17, 15) is 0 Å². The summed E-state index contributed by atoms with van der Waals surface area (Å²) in [5.74, 6) is 0.794. The molecule has 1 N–H and O–H groups in total. The van der Waals surface area contributed by atoms with Crippen LogP contribution in [0.25, 0.3) is 0 Å². The van der Waals surface area contributed by atoms with Gasteiger partial charge in [-0.2, -0.15) is 0 Å². The van der Waals surface area contributed by atoms with Crippen molar-refractivity contribution in [2.75, 3.05) is 33.3 Å². The predicted molar refractivity (Wildman–Crippen MR) is 75.9 cm³/mol. The highest BCUT2D eigenvalue weighted by molar-refractivity contribution is 4.98. The van der Waals surface area contributed by atoms with Gasteiger partial charge in [0, 0.05) is 19.1 Å². The van der Waals surface area contributed by atoms with E-state index >= 15 is 0 Å². The first-order valence-corrected chi connectivity index (χ1v) is 7.72. The summed E-state index contributed by atoms with van der Waals surface area (Å²) in [6, 6.07) is 0.563. The summed E-state index contributed by atoms with van der Waals surface area (Å²) in [6.07, 6.45) is 6.23. The molecule has 2 fully saturated rings. The quantitative estimate of drug-likeness (QED) is 0.836. The Morgan fingerprint density at radius 3 is 3.00 bits per heavy atom. The molecule has 0 saturated carbocycles. The lowest BCUT2D eigenvalue weighted by molar-refractivity contribution is -0.109. The van der Waals surface area contributed by atoms with Crippen molar-refractivity contribution in [3.05, 3.63) is 0 Å². The van der Waals surface area contributed by atoms with Crippen LogP contribution < -0.4 is 5.32 Å². The second-order valence-corrected chi connectivity index (χ2v) is 6.33. The van der Waals surface area contributed by atoms with Gasteiger partial charge < -0.3 is 15.0 Å². The molecule has 3 heteroatoms. The molecule has 3 unspecified atom stereocenters. The molecular weight excluding hydrogens is 224 g/mol. The lowest BCUT2D eigenvalue weighted by Crippen LogP contribution is -2.58. The Balaban J connectivity index is 2.05. The highest BCUT2D eigenvalue weighted by Gasteiger charge is 2.42. The zero-order valence-electron chi connectivity index (χ0n) is 12.4. The molecule has 3 atom stereocenters. The largest absolute Gasteiger partial charge is 0.372 e. The van der Waals surface area contributed by atoms with Gasteiger partial charge in [0.2, 0.25) is 0 Å². The first-order chi connectivity index (χ1) is 8.66. The summed E-state index contributed by atoms with van der Waals surface area (Å²) in [6.45, 7) is 8.98. The summed E-state index contributed by atoms with van der Waals surface area (Å²) >= 11 is 0. The molecule has 2 saturated heterocycles. The summed E-state index contributed by atoms with van der Waals surface area (Å²) < 4.78 is 6.30. The fourth-order valence-electron chi connectivity index (χ4n) is 3.40. The fourth-order valence-corrected chi connectivity index (χ4v) is 3.40. The van der Waals surface area contributed by atoms with E-state index in [0.29, 0.717) is 6.04 Å². The second kappa shape index (κ2) is 6.36. The van der Waals surface area contributed by atoms with Crippen LogP contribution in [0, 0.1) is 5.92 Å². The number of hydrogen-bond acceptors (Lipinski definition) is 3. The van der Waals surface area contributed by atoms with Gasteiger partial charge in [-0.15, -0.1) is 0 Å². The maximum Gasteiger partial charge on any atom is 0.0848 e. The van der Waals surface area contributed by atoms with Crippen LogP contribution in [0.15, 0.2) is 0 Å². The Morgan fingerprint density at radius 1 is 1.39 bits per heavy atom. The summed E-state index contributed by atoms with van der Waals surface area (Å²) in [4.78, 5) is 2.45. The molecule has 0 radical (unpaired) electrons. The highest BCUT2D eigenvalue weighted by atomic mass is 16.5. The smallest absolute Gasteiger partial charge is 0.0848 e. The van der Waals surface area contributed by atoms with Crippen molar-refractivity contribution < 1.29 is 4.74 Å². The van der Waals surface area contributed by atoms with Crippen LogP contribution in [0.4, 0.5) is 0 Å². The zero-order valence-corrected chi connectivity index (χ0v) is 12.4. The molecule has 0 aromatic carbocycles. The lowest BCUT2D eigenvalue weighted by Gasteiger charge is -2.45. The van der Waals surface area contributed by atoms with Gasteiger partial charge in [-0.05, 0) is 45.2 Å². The molecule has 0 aromatic rings. The lowest BCUT2D eigenvalue weighted by atomic mass is 9.80. The van der Waals surface area contributed by atoms with Crippen LogP contribution in [0.2, 0.25) is 0 Å². The number of rotatable bonds is 3. The van der Waals surface area contributed by atoms with E-state index in [1.54, 1.807) is 0 Å². The minimum atomic E-state index is 0.117. The van der Waals surface area contributed by atoms with Crippen molar-refractivity contribution >= 4 is 0 Å². The minimum Gasteiger partial charge on any atom is -0.372 e. The first kappa shape index (κ1) is 14.3. The monoisotopic (exact) mass is 254 g/mol. The molecule has 0 aliphatic carbocycles. The van der Waals surface area contributed by atoms with Gasteiger partial charge in [0.25, 0.3) is 0 Å². The third-order valence-electron chi connectivity index (χ3n) is 4.91. The molecule has 2 aliphatic rings. The first-order valence-electron chi connectivity index (χ1n) is 7.72. The maximum atomic E-state index is 6.30. The van der Waals surface area contributed by atoms with Crippen molar-refractivity contribution in [2.45, 2.75) is 57.6 Å². The van der Waals surface area contributed by atoms with Gasteiger partial charge in [-0.3, -0.25) is 0 Å². The van der Waals surface area contributed by atoms with Crippen LogP contribution in [0.5, 0.6) is 0 Å². The second-order valence-electron chi connectivity index (χ2n) is 6.33. The third-order valence-corrected chi connectivity index (χ3v) is 4.91. The van der Waals surface area contributed by atoms with Crippen molar-refractivity contribution in [1.82, 2.24) is 10.2 Å². The Kier molecular flexibility index (Phi) is 5.05. The van der Waals surface area contributed by atoms with E-state index in [-0.39, 0.29) is 5.60 Å². The minimum absolute atomic E-state index is 0.117. The molecule has 0 bridgehead atoms. The van der Waals surface area contributed by atoms with Gasteiger partial charge in [-0.25, -0.2) is 0 Å². The van der Waals surface area contributed by atoms with Gasteiger partial charge in [0.15, 0.2) is 0 Å². The molecule has 1 spiro atoms. The van der Waals surface area contributed by atoms with Crippen molar-refractivity contribution in [3.8, 4) is 0 Å². The number of ether oxygens (including phenoxy) is 1. The van der Waals surface area contributed by atoms with E-state index in [4.69, 9.17) is 4.74 Å². The van der Waals surface area contributed by atoms with Crippen molar-refractivity contribution in [3.63, 3.8) is 0 Å². The number of likely N-dealkylation sites (tertiary alicyclic amines) is 1. The predicted octanol–water partition coefficient (Wildman–Crippen LogP) is 2.27. The van der Waals surface area contributed by atoms with Crippen LogP contribution in [-0.4, -0.2) is 49.8 Å². The normalized spacial score (nSPS) is 36.5. The van der Waals surface area contributed by atoms with Gasteiger partial charge in [-0.1, -0.05) is 20.3 Å². The fraction of sp³-hybridized carbons (Fsp3) is 1.00. The topological polar surface area (TPSA) is 24.5 Å². The molecular formula is C15H30N2O. The number of nitrogens with one attached hydrogen (secondary N) is 1. The average Bonchev–Trinajstić information content (AvgIpc) is 2.56. The van der Waals surface area contributed by atoms with E-state index in [2.05, 4.69) is 31.1 Å². The standard InChI is InChI=1S/C15H30N2O/c1-4-13(2)12-14-15(18-11-8-16-14)6-5-9-17(3)10-7-15/h13-14,16H,4-12H2,1-3H3. The van der Waals surface area contributed by atoms with Gasteiger partial charge in [0.05, 0.1) is 12.2 Å². The molecule has 2 rings (SSSR count). The van der Waals surface area contributed by atoms with Crippen LogP contribution in [0.1, 0.15) is 46.0 Å². The highest BCUT2D eigenvalue weighted by Crippen LogP contribution is 2.34. The third kappa shape index (κ3) is 3.25. The Labute approximate surface area is 112 Å². The SMILES string of the molecule is CCC(C)CC1NCCOC12CCCN(C)CC2. The maximum absolute atomic E-state index is 6.30. The van der Waals surface area contributed by atoms with E-state index < -0.39 is 0 Å². The molecule has 18 heavy (non-hydrogen) atoms. The number of morpholine rings is 1. The average molecular weight is 254 g/mol. The molecule has 2 aliphatic heterocycles.